The zero-order chi connectivity index (χ0) is 38.3. The molecule has 6 rings (SSSR count). The fourth-order valence-corrected chi connectivity index (χ4v) is 8.90. The van der Waals surface area contributed by atoms with E-state index >= 15 is 0 Å². The van der Waals surface area contributed by atoms with Crippen LogP contribution in [0.4, 0.5) is 14.0 Å². The number of hydrogen-bond donors (Lipinski definition) is 3. The van der Waals surface area contributed by atoms with E-state index in [0.717, 1.165) is 6.42 Å². The van der Waals surface area contributed by atoms with Crippen LogP contribution in [0.3, 0.4) is 0 Å². The van der Waals surface area contributed by atoms with Gasteiger partial charge in [0, 0.05) is 29.5 Å². The van der Waals surface area contributed by atoms with Gasteiger partial charge in [0.25, 0.3) is 5.91 Å². The van der Waals surface area contributed by atoms with Gasteiger partial charge in [0.05, 0.1) is 18.3 Å². The Labute approximate surface area is 313 Å². The average molecular weight is 780 g/mol. The van der Waals surface area contributed by atoms with E-state index in [-0.39, 0.29) is 44.5 Å². The van der Waals surface area contributed by atoms with Gasteiger partial charge >= 0.3 is 12.2 Å². The van der Waals surface area contributed by atoms with E-state index in [1.54, 1.807) is 20.8 Å². The summed E-state index contributed by atoms with van der Waals surface area (Å²) in [5.74, 6) is -3.18. The Hall–Kier alpha value is -3.92. The number of ether oxygens (including phenoxy) is 2. The number of nitrogens with zero attached hydrogens (tertiary/aromatic N) is 2. The number of halogens is 2. The van der Waals surface area contributed by atoms with Crippen molar-refractivity contribution >= 4 is 51.5 Å². The van der Waals surface area contributed by atoms with Gasteiger partial charge in [-0.25, -0.2) is 22.4 Å². The van der Waals surface area contributed by atoms with Crippen LogP contribution in [0, 0.1) is 11.7 Å². The Morgan fingerprint density at radius 1 is 1.08 bits per heavy atom. The SMILES string of the molecule is CC(C)(C)OC(=O)N[C@H]1CCCCC/C=C\[C@H]2C[C@@]2(C(=O)NS(=O)(=O)C2CC2)NC(=O)[C@@H]2C[C@@H](OC(=O)N3CCc4c(Cl)ccc(F)c4C3)CN2C1=O. The molecular weight excluding hydrogens is 733 g/mol. The highest BCUT2D eigenvalue weighted by atomic mass is 35.5. The Balaban J connectivity index is 1.25. The molecule has 3 N–H and O–H groups in total. The number of allylic oxidation sites excluding steroid dienone is 1. The van der Waals surface area contributed by atoms with E-state index in [1.807, 2.05) is 12.2 Å². The van der Waals surface area contributed by atoms with E-state index in [9.17, 15) is 36.8 Å². The van der Waals surface area contributed by atoms with Crippen molar-refractivity contribution in [3.63, 3.8) is 0 Å². The predicted molar refractivity (Wildman–Crippen MR) is 190 cm³/mol. The van der Waals surface area contributed by atoms with E-state index in [0.29, 0.717) is 49.1 Å². The Morgan fingerprint density at radius 2 is 1.83 bits per heavy atom. The zero-order valence-corrected chi connectivity index (χ0v) is 31.7. The van der Waals surface area contributed by atoms with E-state index in [1.165, 1.54) is 21.9 Å². The minimum Gasteiger partial charge on any atom is -0.444 e. The first-order valence-corrected chi connectivity index (χ1v) is 20.2. The van der Waals surface area contributed by atoms with Crippen molar-refractivity contribution < 1.29 is 46.3 Å². The second-order valence-electron chi connectivity index (χ2n) is 15.6. The fourth-order valence-electron chi connectivity index (χ4n) is 7.26. The summed E-state index contributed by atoms with van der Waals surface area (Å²) in [6.07, 6.45) is 5.26. The third-order valence-electron chi connectivity index (χ3n) is 10.4. The minimum atomic E-state index is -3.93. The number of fused-ring (bicyclic) bond motifs is 3. The van der Waals surface area contributed by atoms with Gasteiger partial charge in [-0.2, -0.15) is 0 Å². The number of nitrogens with one attached hydrogen (secondary N) is 3. The standard InChI is InChI=1S/C36H47ClFN5O9S/c1-35(2,3)52-33(47)39-28-10-8-6-4-5-7-9-21-18-36(21,32(46)41-53(49,50)23-11-12-23)40-30(44)29-17-22(19-43(29)31(28)45)51-34(48)42-16-15-24-25(20-42)27(38)14-13-26(24)37/h7,9,13-14,21-23,28-29H,4-6,8,10-12,15-20H2,1-3H3,(H,39,47)(H,40,44)(H,41,46)/b9-7-/t21-,22+,28-,29-,36+/m0/s1. The molecule has 0 bridgehead atoms. The maximum Gasteiger partial charge on any atom is 0.410 e. The van der Waals surface area contributed by atoms with Crippen molar-refractivity contribution in [2.45, 2.75) is 126 Å². The van der Waals surface area contributed by atoms with Crippen LogP contribution in [0.1, 0.15) is 89.7 Å². The molecule has 17 heteroatoms. The van der Waals surface area contributed by atoms with Crippen molar-refractivity contribution in [3.8, 4) is 0 Å². The summed E-state index contributed by atoms with van der Waals surface area (Å²) in [5, 5.41) is 5.18. The lowest BCUT2D eigenvalue weighted by atomic mass is 9.99. The molecule has 5 aliphatic rings. The van der Waals surface area contributed by atoms with Gasteiger partial charge in [0.2, 0.25) is 21.8 Å². The summed E-state index contributed by atoms with van der Waals surface area (Å²) < 4.78 is 53.7. The molecule has 0 radical (unpaired) electrons. The summed E-state index contributed by atoms with van der Waals surface area (Å²) in [6, 6.07) is 0.368. The summed E-state index contributed by atoms with van der Waals surface area (Å²) in [5.41, 5.74) is -1.52. The van der Waals surface area contributed by atoms with Crippen LogP contribution in [-0.2, 0) is 46.8 Å². The number of sulfonamides is 1. The Bertz CT molecular complexity index is 1800. The van der Waals surface area contributed by atoms with Gasteiger partial charge in [0.15, 0.2) is 0 Å². The second-order valence-corrected chi connectivity index (χ2v) is 18.0. The van der Waals surface area contributed by atoms with Gasteiger partial charge in [-0.3, -0.25) is 19.1 Å². The molecular formula is C36H47ClFN5O9S. The quantitative estimate of drug-likeness (QED) is 0.375. The lowest BCUT2D eigenvalue weighted by Crippen LogP contribution is -2.58. The third-order valence-corrected chi connectivity index (χ3v) is 12.5. The Kier molecular flexibility index (Phi) is 11.0. The molecule has 53 heavy (non-hydrogen) atoms. The molecule has 3 fully saturated rings. The number of amides is 5. The normalized spacial score (nSPS) is 28.5. The summed E-state index contributed by atoms with van der Waals surface area (Å²) >= 11 is 6.27. The maximum absolute atomic E-state index is 14.7. The monoisotopic (exact) mass is 779 g/mol. The second kappa shape index (κ2) is 15.1. The lowest BCUT2D eigenvalue weighted by Gasteiger charge is -2.30. The van der Waals surface area contributed by atoms with Crippen LogP contribution in [0.25, 0.3) is 0 Å². The number of benzene rings is 1. The molecule has 0 spiro atoms. The average Bonchev–Trinajstić information content (AvgIpc) is 4.01. The van der Waals surface area contributed by atoms with Crippen molar-refractivity contribution in [1.82, 2.24) is 25.2 Å². The van der Waals surface area contributed by atoms with Gasteiger partial charge in [-0.15, -0.1) is 0 Å². The van der Waals surface area contributed by atoms with Gasteiger partial charge in [-0.1, -0.05) is 36.6 Å². The highest BCUT2D eigenvalue weighted by Crippen LogP contribution is 2.46. The van der Waals surface area contributed by atoms with Crippen LogP contribution in [-0.4, -0.2) is 95.8 Å². The van der Waals surface area contributed by atoms with Crippen LogP contribution in [0.15, 0.2) is 24.3 Å². The van der Waals surface area contributed by atoms with Crippen molar-refractivity contribution in [2.75, 3.05) is 13.1 Å². The zero-order valence-electron chi connectivity index (χ0n) is 30.1. The summed E-state index contributed by atoms with van der Waals surface area (Å²) in [6.45, 7) is 4.97. The molecule has 1 aromatic carbocycles. The molecule has 0 aromatic heterocycles. The van der Waals surface area contributed by atoms with E-state index < -0.39 is 86.2 Å². The first-order valence-electron chi connectivity index (χ1n) is 18.2. The van der Waals surface area contributed by atoms with Crippen molar-refractivity contribution in [2.24, 2.45) is 5.92 Å². The van der Waals surface area contributed by atoms with Crippen LogP contribution < -0.4 is 15.4 Å². The number of hydrogen-bond acceptors (Lipinski definition) is 9. The summed E-state index contributed by atoms with van der Waals surface area (Å²) in [7, 11) is -3.93. The topological polar surface area (TPSA) is 181 Å². The highest BCUT2D eigenvalue weighted by molar-refractivity contribution is 7.91. The first-order chi connectivity index (χ1) is 25.0. The van der Waals surface area contributed by atoms with E-state index in [2.05, 4.69) is 15.4 Å². The number of rotatable bonds is 5. The number of carbonyl (C=O) groups is 5. The molecule has 0 unspecified atom stereocenters. The first kappa shape index (κ1) is 38.8. The molecule has 5 amide bonds. The number of carbonyl (C=O) groups excluding carboxylic acids is 5. The molecule has 1 aromatic rings. The Morgan fingerprint density at radius 3 is 2.55 bits per heavy atom. The molecule has 3 heterocycles. The summed E-state index contributed by atoms with van der Waals surface area (Å²) in [4.78, 5) is 71.1. The van der Waals surface area contributed by atoms with Crippen LogP contribution >= 0.6 is 11.6 Å². The largest absolute Gasteiger partial charge is 0.444 e. The predicted octanol–water partition coefficient (Wildman–Crippen LogP) is 3.84. The smallest absolute Gasteiger partial charge is 0.410 e. The highest BCUT2D eigenvalue weighted by Gasteiger charge is 2.62. The van der Waals surface area contributed by atoms with Crippen molar-refractivity contribution in [3.05, 3.63) is 46.3 Å². The van der Waals surface area contributed by atoms with Crippen LogP contribution in [0.2, 0.25) is 5.02 Å². The van der Waals surface area contributed by atoms with Gasteiger partial charge in [0.1, 0.15) is 35.1 Å². The maximum atomic E-state index is 14.7. The fraction of sp³-hybridized carbons (Fsp3) is 0.639. The lowest BCUT2D eigenvalue weighted by molar-refractivity contribution is -0.141. The van der Waals surface area contributed by atoms with Gasteiger partial charge in [-0.05, 0) is 83.4 Å². The molecule has 1 saturated heterocycles. The molecule has 14 nitrogen and oxygen atoms in total. The van der Waals surface area contributed by atoms with E-state index in [4.69, 9.17) is 21.1 Å². The molecule has 290 valence electrons. The molecule has 2 saturated carbocycles. The minimum absolute atomic E-state index is 0.0853. The van der Waals surface area contributed by atoms with Crippen LogP contribution in [0.5, 0.6) is 0 Å². The molecule has 2 aliphatic carbocycles. The van der Waals surface area contributed by atoms with Crippen molar-refractivity contribution in [1.29, 1.82) is 0 Å². The number of alkyl carbamates (subject to hydrolysis) is 1. The molecule has 5 atom stereocenters. The molecule has 3 aliphatic heterocycles. The van der Waals surface area contributed by atoms with Gasteiger partial charge < -0.3 is 29.9 Å². The third kappa shape index (κ3) is 8.90.